The van der Waals surface area contributed by atoms with Gasteiger partial charge >= 0.3 is 12.0 Å². The average Bonchev–Trinajstić information content (AvgIpc) is 3.48. The summed E-state index contributed by atoms with van der Waals surface area (Å²) in [7, 11) is 2.75. The molecule has 3 heterocycles. The van der Waals surface area contributed by atoms with Gasteiger partial charge in [0, 0.05) is 37.8 Å². The average molecular weight is 574 g/mol. The molecular weight excluding hydrogens is 540 g/mol. The number of halogens is 2. The molecule has 0 bridgehead atoms. The number of aromatic nitrogens is 2. The molecule has 1 aromatic heterocycles. The number of piperidine rings is 1. The molecule has 1 saturated carbocycles. The Balaban J connectivity index is 1.35. The Hall–Kier alpha value is -4.23. The van der Waals surface area contributed by atoms with Crippen LogP contribution in [0.1, 0.15) is 48.9 Å². The van der Waals surface area contributed by atoms with Crippen molar-refractivity contribution < 1.29 is 33.0 Å². The van der Waals surface area contributed by atoms with Crippen molar-refractivity contribution >= 4 is 41.0 Å². The zero-order valence-corrected chi connectivity index (χ0v) is 22.9. The fourth-order valence-corrected chi connectivity index (χ4v) is 5.64. The monoisotopic (exact) mass is 573 g/mol. The molecule has 3 N–H and O–H groups in total. The maximum absolute atomic E-state index is 14.9. The van der Waals surface area contributed by atoms with E-state index in [0.717, 1.165) is 30.6 Å². The SMILES string of the molecule is COc1cc(C(=O)NC2CCN(C(=O)O)CC2)ccc1Nc1ncc2c(n1)N(C1CCCC1)CC(F)(F)C(=O)N2C. The minimum atomic E-state index is -3.57. The summed E-state index contributed by atoms with van der Waals surface area (Å²) >= 11 is 0. The fraction of sp³-hybridized carbons (Fsp3) is 0.519. The first-order valence-electron chi connectivity index (χ1n) is 13.6. The molecule has 220 valence electrons. The van der Waals surface area contributed by atoms with Crippen LogP contribution < -0.4 is 25.2 Å². The van der Waals surface area contributed by atoms with Gasteiger partial charge in [-0.05, 0) is 43.9 Å². The van der Waals surface area contributed by atoms with Crippen molar-refractivity contribution in [3.8, 4) is 5.75 Å². The van der Waals surface area contributed by atoms with Gasteiger partial charge in [-0.2, -0.15) is 13.8 Å². The Kier molecular flexibility index (Phi) is 7.82. The van der Waals surface area contributed by atoms with Gasteiger partial charge in [0.2, 0.25) is 5.95 Å². The Labute approximate surface area is 235 Å². The first kappa shape index (κ1) is 28.3. The molecular formula is C27H33F2N7O5. The van der Waals surface area contributed by atoms with Crippen LogP contribution in [0.5, 0.6) is 5.75 Å². The van der Waals surface area contributed by atoms with Gasteiger partial charge in [-0.3, -0.25) is 9.59 Å². The largest absolute Gasteiger partial charge is 0.495 e. The van der Waals surface area contributed by atoms with E-state index in [2.05, 4.69) is 20.6 Å². The number of hydrogen-bond donors (Lipinski definition) is 3. The zero-order chi connectivity index (χ0) is 29.3. The van der Waals surface area contributed by atoms with Crippen LogP contribution in [-0.4, -0.2) is 89.7 Å². The van der Waals surface area contributed by atoms with E-state index < -0.39 is 24.5 Å². The smallest absolute Gasteiger partial charge is 0.407 e. The Morgan fingerprint density at radius 3 is 2.51 bits per heavy atom. The zero-order valence-electron chi connectivity index (χ0n) is 22.9. The molecule has 0 atom stereocenters. The van der Waals surface area contributed by atoms with E-state index in [4.69, 9.17) is 9.84 Å². The molecule has 2 aliphatic heterocycles. The Morgan fingerprint density at radius 2 is 1.85 bits per heavy atom. The van der Waals surface area contributed by atoms with E-state index in [1.54, 1.807) is 18.2 Å². The number of likely N-dealkylation sites (tertiary alicyclic amines) is 1. The van der Waals surface area contributed by atoms with Gasteiger partial charge in [-0.15, -0.1) is 0 Å². The van der Waals surface area contributed by atoms with Gasteiger partial charge in [-0.1, -0.05) is 12.8 Å². The number of anilines is 4. The van der Waals surface area contributed by atoms with Gasteiger partial charge in [0.25, 0.3) is 11.8 Å². The first-order chi connectivity index (χ1) is 19.6. The van der Waals surface area contributed by atoms with Crippen LogP contribution in [0.4, 0.5) is 36.7 Å². The number of amides is 3. The van der Waals surface area contributed by atoms with Crippen molar-refractivity contribution in [3.05, 3.63) is 30.0 Å². The number of rotatable bonds is 6. The first-order valence-corrected chi connectivity index (χ1v) is 13.6. The minimum Gasteiger partial charge on any atom is -0.495 e. The molecule has 2 fully saturated rings. The quantitative estimate of drug-likeness (QED) is 0.474. The molecule has 3 aliphatic rings. The summed E-state index contributed by atoms with van der Waals surface area (Å²) in [5.74, 6) is -4.47. The van der Waals surface area contributed by atoms with Crippen LogP contribution in [0.2, 0.25) is 0 Å². The predicted molar refractivity (Wildman–Crippen MR) is 146 cm³/mol. The number of methoxy groups -OCH3 is 1. The van der Waals surface area contributed by atoms with Gasteiger partial charge in [0.1, 0.15) is 11.4 Å². The van der Waals surface area contributed by atoms with E-state index in [0.29, 0.717) is 42.9 Å². The number of carboxylic acid groups (broad SMARTS) is 1. The van der Waals surface area contributed by atoms with E-state index in [1.807, 2.05) is 0 Å². The van der Waals surface area contributed by atoms with Crippen molar-refractivity contribution in [2.24, 2.45) is 0 Å². The lowest BCUT2D eigenvalue weighted by Gasteiger charge is -2.31. The number of nitrogens with zero attached hydrogens (tertiary/aromatic N) is 5. The lowest BCUT2D eigenvalue weighted by Crippen LogP contribution is -2.48. The molecule has 0 unspecified atom stereocenters. The van der Waals surface area contributed by atoms with Crippen LogP contribution in [0.3, 0.4) is 0 Å². The normalized spacial score (nSPS) is 19.5. The van der Waals surface area contributed by atoms with Crippen LogP contribution in [0, 0.1) is 0 Å². The van der Waals surface area contributed by atoms with E-state index in [1.165, 1.54) is 30.2 Å². The number of carbonyl (C=O) groups is 3. The van der Waals surface area contributed by atoms with Crippen molar-refractivity contribution in [2.45, 2.75) is 56.5 Å². The number of fused-ring (bicyclic) bond motifs is 1. The molecule has 14 heteroatoms. The molecule has 0 spiro atoms. The highest BCUT2D eigenvalue weighted by Gasteiger charge is 2.48. The van der Waals surface area contributed by atoms with Crippen molar-refractivity contribution in [2.75, 3.05) is 48.9 Å². The lowest BCUT2D eigenvalue weighted by atomic mass is 10.0. The van der Waals surface area contributed by atoms with Crippen LogP contribution in [-0.2, 0) is 4.79 Å². The predicted octanol–water partition coefficient (Wildman–Crippen LogP) is 3.46. The van der Waals surface area contributed by atoms with Crippen molar-refractivity contribution in [1.29, 1.82) is 0 Å². The van der Waals surface area contributed by atoms with Crippen molar-refractivity contribution in [1.82, 2.24) is 20.2 Å². The number of hydrogen-bond acceptors (Lipinski definition) is 8. The molecule has 3 amide bonds. The molecule has 1 saturated heterocycles. The third-order valence-electron chi connectivity index (χ3n) is 7.95. The lowest BCUT2D eigenvalue weighted by molar-refractivity contribution is -0.140. The van der Waals surface area contributed by atoms with Gasteiger partial charge in [0.05, 0.1) is 25.5 Å². The number of nitrogens with one attached hydrogen (secondary N) is 2. The second-order valence-electron chi connectivity index (χ2n) is 10.6. The second kappa shape index (κ2) is 11.3. The van der Waals surface area contributed by atoms with Crippen LogP contribution in [0.15, 0.2) is 24.4 Å². The summed E-state index contributed by atoms with van der Waals surface area (Å²) in [6.45, 7) is -0.0488. The highest BCUT2D eigenvalue weighted by molar-refractivity contribution is 6.02. The van der Waals surface area contributed by atoms with Gasteiger partial charge in [-0.25, -0.2) is 9.78 Å². The molecule has 2 aromatic rings. The van der Waals surface area contributed by atoms with Gasteiger partial charge < -0.3 is 35.2 Å². The number of alkyl halides is 2. The Bertz CT molecular complexity index is 1330. The highest BCUT2D eigenvalue weighted by atomic mass is 19.3. The Morgan fingerprint density at radius 1 is 1.15 bits per heavy atom. The molecule has 5 rings (SSSR count). The van der Waals surface area contributed by atoms with E-state index in [9.17, 15) is 23.2 Å². The molecule has 0 radical (unpaired) electrons. The van der Waals surface area contributed by atoms with Crippen LogP contribution >= 0.6 is 0 Å². The standard InChI is InChI=1S/C27H33F2N7O5/c1-34-20-14-30-25(33-22(20)36(18-5-3-4-6-18)15-27(28,29)24(34)38)32-19-8-7-16(13-21(19)41-2)23(37)31-17-9-11-35(12-10-17)26(39)40/h7-8,13-14,17-18H,3-6,9-12,15H2,1-2H3,(H,31,37)(H,39,40)(H,30,32,33). The maximum Gasteiger partial charge on any atom is 0.407 e. The molecule has 41 heavy (non-hydrogen) atoms. The summed E-state index contributed by atoms with van der Waals surface area (Å²) < 4.78 is 35.2. The maximum atomic E-state index is 14.9. The summed E-state index contributed by atoms with van der Waals surface area (Å²) in [5, 5.41) is 15.1. The van der Waals surface area contributed by atoms with Gasteiger partial charge in [0.15, 0.2) is 5.82 Å². The third-order valence-corrected chi connectivity index (χ3v) is 7.95. The fourth-order valence-electron chi connectivity index (χ4n) is 5.64. The van der Waals surface area contributed by atoms with E-state index >= 15 is 0 Å². The summed E-state index contributed by atoms with van der Waals surface area (Å²) in [4.78, 5) is 49.1. The highest BCUT2D eigenvalue weighted by Crippen LogP contribution is 2.40. The summed E-state index contributed by atoms with van der Waals surface area (Å²) in [6, 6.07) is 4.49. The second-order valence-corrected chi connectivity index (χ2v) is 10.6. The number of benzene rings is 1. The summed E-state index contributed by atoms with van der Waals surface area (Å²) in [5.41, 5.74) is 1.01. The number of ether oxygens (including phenoxy) is 1. The van der Waals surface area contributed by atoms with E-state index in [-0.39, 0.29) is 35.4 Å². The number of carbonyl (C=O) groups excluding carboxylic acids is 2. The molecule has 1 aliphatic carbocycles. The van der Waals surface area contributed by atoms with Crippen molar-refractivity contribution in [3.63, 3.8) is 0 Å². The third kappa shape index (κ3) is 5.81. The molecule has 12 nitrogen and oxygen atoms in total. The minimum absolute atomic E-state index is 0.124. The topological polar surface area (TPSA) is 140 Å². The molecule has 1 aromatic carbocycles. The van der Waals surface area contributed by atoms with Crippen LogP contribution in [0.25, 0.3) is 0 Å². The summed E-state index contributed by atoms with van der Waals surface area (Å²) in [6.07, 6.45) is 4.74.